The van der Waals surface area contributed by atoms with Crippen LogP contribution >= 0.6 is 0 Å². The van der Waals surface area contributed by atoms with Gasteiger partial charge in [0, 0.05) is 11.8 Å². The van der Waals surface area contributed by atoms with Gasteiger partial charge in [-0.1, -0.05) is 6.58 Å². The Morgan fingerprint density at radius 2 is 2.50 bits per heavy atom. The molecular weight excluding hydrogens is 102 g/mol. The van der Waals surface area contributed by atoms with Crippen LogP contribution < -0.4 is 5.73 Å². The molecule has 0 aromatic rings. The summed E-state index contributed by atoms with van der Waals surface area (Å²) in [6.45, 7) is 4.04. The fraction of sp³-hybridized carbons (Fsp3) is 0.200. The molecule has 3 nitrogen and oxygen atoms in total. The van der Waals surface area contributed by atoms with E-state index in [-0.39, 0.29) is 0 Å². The molecule has 3 heteroatoms. The minimum Gasteiger partial charge on any atom is -0.383 e. The molecule has 2 N–H and O–H groups in total. The van der Waals surface area contributed by atoms with Crippen molar-refractivity contribution in [1.82, 2.24) is 0 Å². The van der Waals surface area contributed by atoms with E-state index in [0.29, 0.717) is 18.1 Å². The number of nitrogens with two attached hydrogens (primary N) is 1. The molecule has 0 unspecified atom stereocenters. The first-order valence-corrected chi connectivity index (χ1v) is 2.30. The largest absolute Gasteiger partial charge is 0.383 e. The van der Waals surface area contributed by atoms with Crippen molar-refractivity contribution in [3.8, 4) is 0 Å². The molecule has 0 aromatic heterocycles. The van der Waals surface area contributed by atoms with E-state index in [9.17, 15) is 0 Å². The molecule has 42 valence electrons. The summed E-state index contributed by atoms with van der Waals surface area (Å²) >= 11 is 0. The second kappa shape index (κ2) is 1.78. The number of hydrogen-bond donors (Lipinski definition) is 1. The molecule has 0 atom stereocenters. The first kappa shape index (κ1) is 5.03. The van der Waals surface area contributed by atoms with E-state index in [0.717, 1.165) is 0 Å². The molecule has 8 heavy (non-hydrogen) atoms. The number of rotatable bonds is 0. The van der Waals surface area contributed by atoms with Gasteiger partial charge < -0.3 is 5.73 Å². The topological polar surface area (TPSA) is 50.7 Å². The van der Waals surface area contributed by atoms with Crippen LogP contribution in [0.4, 0.5) is 0 Å². The lowest BCUT2D eigenvalue weighted by molar-refractivity contribution is 1.06. The van der Waals surface area contributed by atoms with Gasteiger partial charge in [-0.15, -0.1) is 0 Å². The highest BCUT2D eigenvalue weighted by Gasteiger charge is 1.97. The quantitative estimate of drug-likeness (QED) is 0.465. The summed E-state index contributed by atoms with van der Waals surface area (Å²) in [4.78, 5) is 7.62. The standard InChI is InChI=1S/C5H7N3/c1-4-2-7-3-8-5(4)6/h2H,1,3H2,(H2,6,8). The van der Waals surface area contributed by atoms with Gasteiger partial charge in [-0.25, -0.2) is 4.99 Å². The summed E-state index contributed by atoms with van der Waals surface area (Å²) in [5, 5.41) is 0. The van der Waals surface area contributed by atoms with Gasteiger partial charge >= 0.3 is 0 Å². The molecule has 0 bridgehead atoms. The van der Waals surface area contributed by atoms with Crippen molar-refractivity contribution < 1.29 is 0 Å². The van der Waals surface area contributed by atoms with Gasteiger partial charge in [0.15, 0.2) is 0 Å². The molecule has 0 saturated heterocycles. The summed E-state index contributed by atoms with van der Waals surface area (Å²) in [7, 11) is 0. The summed E-state index contributed by atoms with van der Waals surface area (Å²) in [5.74, 6) is 0.500. The predicted octanol–water partition coefficient (Wildman–Crippen LogP) is -0.0583. The Labute approximate surface area is 47.6 Å². The monoisotopic (exact) mass is 109 g/mol. The van der Waals surface area contributed by atoms with Crippen LogP contribution in [0.1, 0.15) is 0 Å². The molecule has 1 rings (SSSR count). The van der Waals surface area contributed by atoms with Gasteiger partial charge in [-0.2, -0.15) is 0 Å². The number of amidine groups is 1. The van der Waals surface area contributed by atoms with Gasteiger partial charge in [0.25, 0.3) is 0 Å². The third-order valence-corrected chi connectivity index (χ3v) is 0.899. The molecule has 0 amide bonds. The number of aliphatic imine (C=N–C) groups is 2. The van der Waals surface area contributed by atoms with Crippen molar-refractivity contribution in [3.63, 3.8) is 0 Å². The smallest absolute Gasteiger partial charge is 0.131 e. The Morgan fingerprint density at radius 3 is 2.88 bits per heavy atom. The van der Waals surface area contributed by atoms with E-state index < -0.39 is 0 Å². The zero-order valence-corrected chi connectivity index (χ0v) is 4.46. The van der Waals surface area contributed by atoms with E-state index in [2.05, 4.69) is 16.6 Å². The van der Waals surface area contributed by atoms with Crippen LogP contribution in [0.5, 0.6) is 0 Å². The lowest BCUT2D eigenvalue weighted by atomic mass is 10.3. The zero-order chi connectivity index (χ0) is 5.98. The molecule has 0 saturated carbocycles. The van der Waals surface area contributed by atoms with Crippen LogP contribution in [0.3, 0.4) is 0 Å². The highest BCUT2D eigenvalue weighted by atomic mass is 15.0. The molecule has 0 aromatic carbocycles. The normalized spacial score (nSPS) is 18.5. The van der Waals surface area contributed by atoms with Crippen LogP contribution in [0.2, 0.25) is 0 Å². The van der Waals surface area contributed by atoms with Crippen molar-refractivity contribution in [2.24, 2.45) is 15.7 Å². The molecule has 1 aliphatic rings. The Balaban J connectivity index is 2.78. The second-order valence-corrected chi connectivity index (χ2v) is 1.52. The molecule has 1 aliphatic heterocycles. The third-order valence-electron chi connectivity index (χ3n) is 0.899. The van der Waals surface area contributed by atoms with Crippen molar-refractivity contribution in [2.75, 3.05) is 6.67 Å². The maximum absolute atomic E-state index is 5.34. The van der Waals surface area contributed by atoms with Crippen LogP contribution in [0.15, 0.2) is 22.1 Å². The lowest BCUT2D eigenvalue weighted by Crippen LogP contribution is -2.17. The van der Waals surface area contributed by atoms with Crippen LogP contribution in [0, 0.1) is 0 Å². The van der Waals surface area contributed by atoms with E-state index in [4.69, 9.17) is 5.73 Å². The molecule has 1 heterocycles. The Kier molecular flexibility index (Phi) is 1.12. The van der Waals surface area contributed by atoms with Gasteiger partial charge in [-0.05, 0) is 0 Å². The first-order valence-electron chi connectivity index (χ1n) is 2.30. The van der Waals surface area contributed by atoms with Gasteiger partial charge in [0.1, 0.15) is 12.5 Å². The number of nitrogens with zero attached hydrogens (tertiary/aromatic N) is 2. The highest BCUT2D eigenvalue weighted by molar-refractivity contribution is 6.14. The molecule has 0 aliphatic carbocycles. The van der Waals surface area contributed by atoms with Crippen molar-refractivity contribution in [3.05, 3.63) is 12.2 Å². The summed E-state index contributed by atoms with van der Waals surface area (Å²) in [6, 6.07) is 0. The van der Waals surface area contributed by atoms with Crippen molar-refractivity contribution in [1.29, 1.82) is 0 Å². The molecular formula is C5H7N3. The highest BCUT2D eigenvalue weighted by Crippen LogP contribution is 1.91. The minimum absolute atomic E-state index is 0.449. The fourth-order valence-corrected chi connectivity index (χ4v) is 0.436. The number of hydrogen-bond acceptors (Lipinski definition) is 3. The fourth-order valence-electron chi connectivity index (χ4n) is 0.436. The first-order chi connectivity index (χ1) is 3.80. The van der Waals surface area contributed by atoms with E-state index >= 15 is 0 Å². The minimum atomic E-state index is 0.449. The van der Waals surface area contributed by atoms with Crippen molar-refractivity contribution in [2.45, 2.75) is 0 Å². The van der Waals surface area contributed by atoms with E-state index in [1.165, 1.54) is 0 Å². The lowest BCUT2D eigenvalue weighted by Gasteiger charge is -2.01. The zero-order valence-electron chi connectivity index (χ0n) is 4.46. The maximum atomic E-state index is 5.34. The molecule has 0 fully saturated rings. The summed E-state index contributed by atoms with van der Waals surface area (Å²) < 4.78 is 0. The van der Waals surface area contributed by atoms with E-state index in [1.807, 2.05) is 0 Å². The Hall–Kier alpha value is -1.12. The van der Waals surface area contributed by atoms with Gasteiger partial charge in [0.05, 0.1) is 0 Å². The molecule has 0 radical (unpaired) electrons. The SMILES string of the molecule is C=C1C=NCN=C1N. The Bertz CT molecular complexity index is 167. The van der Waals surface area contributed by atoms with Crippen molar-refractivity contribution >= 4 is 12.1 Å². The van der Waals surface area contributed by atoms with Crippen LogP contribution in [-0.2, 0) is 0 Å². The maximum Gasteiger partial charge on any atom is 0.131 e. The average molecular weight is 109 g/mol. The summed E-state index contributed by atoms with van der Waals surface area (Å²) in [5.41, 5.74) is 6.04. The predicted molar refractivity (Wildman–Crippen MR) is 34.1 cm³/mol. The third kappa shape index (κ3) is 0.753. The van der Waals surface area contributed by atoms with Gasteiger partial charge in [-0.3, -0.25) is 4.99 Å². The Morgan fingerprint density at radius 1 is 1.75 bits per heavy atom. The van der Waals surface area contributed by atoms with Crippen LogP contribution in [-0.4, -0.2) is 18.7 Å². The average Bonchev–Trinajstić information content (AvgIpc) is 1.77. The summed E-state index contributed by atoms with van der Waals surface area (Å²) in [6.07, 6.45) is 1.63. The van der Waals surface area contributed by atoms with E-state index in [1.54, 1.807) is 6.21 Å². The molecule has 0 spiro atoms. The van der Waals surface area contributed by atoms with Crippen LogP contribution in [0.25, 0.3) is 0 Å². The second-order valence-electron chi connectivity index (χ2n) is 1.52. The van der Waals surface area contributed by atoms with Gasteiger partial charge in [0.2, 0.25) is 0 Å².